The lowest BCUT2D eigenvalue weighted by Crippen LogP contribution is -2.50. The van der Waals surface area contributed by atoms with Gasteiger partial charge in [0.05, 0.1) is 24.5 Å². The molecule has 0 fully saturated rings. The fourth-order valence-electron chi connectivity index (χ4n) is 3.51. The number of hydrogen-bond acceptors (Lipinski definition) is 4. The summed E-state index contributed by atoms with van der Waals surface area (Å²) in [6, 6.07) is 11.1. The van der Waals surface area contributed by atoms with Gasteiger partial charge in [0.2, 0.25) is 10.0 Å². The summed E-state index contributed by atoms with van der Waals surface area (Å²) in [5.41, 5.74) is 4.66. The quantitative estimate of drug-likeness (QED) is 0.853. The highest BCUT2D eigenvalue weighted by molar-refractivity contribution is 7.92. The Labute approximate surface area is 166 Å². The molecule has 0 aliphatic carbocycles. The lowest BCUT2D eigenvalue weighted by Gasteiger charge is -2.34. The van der Waals surface area contributed by atoms with Gasteiger partial charge in [0, 0.05) is 0 Å². The van der Waals surface area contributed by atoms with Crippen LogP contribution in [0.5, 0.6) is 5.75 Å². The van der Waals surface area contributed by atoms with Crippen molar-refractivity contribution in [2.45, 2.75) is 39.8 Å². The van der Waals surface area contributed by atoms with E-state index in [9.17, 15) is 13.2 Å². The first-order valence-electron chi connectivity index (χ1n) is 9.19. The molecule has 1 aliphatic rings. The number of rotatable bonds is 4. The van der Waals surface area contributed by atoms with Crippen molar-refractivity contribution in [3.8, 4) is 5.75 Å². The van der Waals surface area contributed by atoms with Gasteiger partial charge in [-0.3, -0.25) is 9.10 Å². The van der Waals surface area contributed by atoms with Crippen LogP contribution in [0.1, 0.15) is 35.2 Å². The molecule has 150 valence electrons. The third-order valence-corrected chi connectivity index (χ3v) is 6.07. The van der Waals surface area contributed by atoms with Crippen LogP contribution in [0.2, 0.25) is 0 Å². The van der Waals surface area contributed by atoms with Crippen molar-refractivity contribution in [2.24, 2.45) is 0 Å². The smallest absolute Gasteiger partial charge is 0.263 e. The number of nitrogens with zero attached hydrogens (tertiary/aromatic N) is 1. The van der Waals surface area contributed by atoms with E-state index in [1.165, 1.54) is 4.31 Å². The molecule has 2 atom stereocenters. The maximum Gasteiger partial charge on any atom is 0.263 e. The summed E-state index contributed by atoms with van der Waals surface area (Å²) in [4.78, 5) is 12.9. The molecule has 2 aromatic rings. The molecule has 7 heteroatoms. The summed E-state index contributed by atoms with van der Waals surface area (Å²) in [7, 11) is -3.54. The average molecular weight is 403 g/mol. The largest absolute Gasteiger partial charge is 0.476 e. The molecule has 0 radical (unpaired) electrons. The molecule has 2 aromatic carbocycles. The van der Waals surface area contributed by atoms with Crippen molar-refractivity contribution in [1.82, 2.24) is 5.32 Å². The van der Waals surface area contributed by atoms with Gasteiger partial charge in [-0.15, -0.1) is 0 Å². The zero-order chi connectivity index (χ0) is 20.6. The van der Waals surface area contributed by atoms with Crippen LogP contribution in [0.4, 0.5) is 5.69 Å². The molecule has 3 rings (SSSR count). The monoisotopic (exact) mass is 402 g/mol. The van der Waals surface area contributed by atoms with E-state index in [2.05, 4.69) is 11.4 Å². The number of carbonyl (C=O) groups excluding carboxylic acids is 1. The van der Waals surface area contributed by atoms with Crippen LogP contribution >= 0.6 is 0 Å². The minimum atomic E-state index is -3.54. The highest BCUT2D eigenvalue weighted by Gasteiger charge is 2.35. The third-order valence-electron chi connectivity index (χ3n) is 4.93. The Morgan fingerprint density at radius 1 is 1.14 bits per heavy atom. The van der Waals surface area contributed by atoms with Gasteiger partial charge >= 0.3 is 0 Å². The molecule has 1 amide bonds. The van der Waals surface area contributed by atoms with Crippen molar-refractivity contribution < 1.29 is 17.9 Å². The van der Waals surface area contributed by atoms with E-state index in [1.54, 1.807) is 12.1 Å². The summed E-state index contributed by atoms with van der Waals surface area (Å²) in [6.07, 6.45) is 0.218. The summed E-state index contributed by atoms with van der Waals surface area (Å²) in [5.74, 6) is 0.0499. The van der Waals surface area contributed by atoms with Crippen LogP contribution in [0.25, 0.3) is 0 Å². The van der Waals surface area contributed by atoms with Gasteiger partial charge in [-0.2, -0.15) is 0 Å². The van der Waals surface area contributed by atoms with Crippen molar-refractivity contribution in [3.63, 3.8) is 0 Å². The Morgan fingerprint density at radius 2 is 1.79 bits per heavy atom. The van der Waals surface area contributed by atoms with Gasteiger partial charge in [0.25, 0.3) is 5.91 Å². The van der Waals surface area contributed by atoms with Crippen molar-refractivity contribution >= 4 is 21.6 Å². The summed E-state index contributed by atoms with van der Waals surface area (Å²) < 4.78 is 31.7. The van der Waals surface area contributed by atoms with Crippen molar-refractivity contribution in [3.05, 3.63) is 58.7 Å². The standard InChI is InChI=1S/C21H26N2O4S/c1-13-6-8-17(15(3)10-13)16(4)22-21(24)20-12-23(28(5,25)26)18-11-14(2)7-9-19(18)27-20/h6-11,16,20H,12H2,1-5H3,(H,22,24). The van der Waals surface area contributed by atoms with Crippen molar-refractivity contribution in [2.75, 3.05) is 17.1 Å². The summed E-state index contributed by atoms with van der Waals surface area (Å²) >= 11 is 0. The molecule has 0 saturated heterocycles. The van der Waals surface area contributed by atoms with Crippen LogP contribution in [-0.4, -0.2) is 33.2 Å². The minimum absolute atomic E-state index is 0.0548. The molecule has 2 unspecified atom stereocenters. The van der Waals surface area contributed by atoms with E-state index in [4.69, 9.17) is 4.74 Å². The molecule has 1 aliphatic heterocycles. The molecular weight excluding hydrogens is 376 g/mol. The van der Waals surface area contributed by atoms with Gasteiger partial charge in [-0.1, -0.05) is 29.8 Å². The number of ether oxygens (including phenoxy) is 1. The number of carbonyl (C=O) groups is 1. The van der Waals surface area contributed by atoms with Crippen molar-refractivity contribution in [1.29, 1.82) is 0 Å². The van der Waals surface area contributed by atoms with E-state index < -0.39 is 16.1 Å². The molecule has 28 heavy (non-hydrogen) atoms. The van der Waals surface area contributed by atoms with Gasteiger partial charge in [0.1, 0.15) is 5.75 Å². The topological polar surface area (TPSA) is 75.7 Å². The number of anilines is 1. The molecule has 0 bridgehead atoms. The summed E-state index contributed by atoms with van der Waals surface area (Å²) in [5, 5.41) is 2.95. The van der Waals surface area contributed by atoms with E-state index in [-0.39, 0.29) is 18.5 Å². The number of aryl methyl sites for hydroxylation is 3. The molecule has 1 N–H and O–H groups in total. The van der Waals surface area contributed by atoms with Crippen LogP contribution in [0, 0.1) is 20.8 Å². The third kappa shape index (κ3) is 4.14. The first-order valence-corrected chi connectivity index (χ1v) is 11.0. The fourth-order valence-corrected chi connectivity index (χ4v) is 4.41. The molecule has 6 nitrogen and oxygen atoms in total. The predicted octanol–water partition coefficient (Wildman–Crippen LogP) is 3.02. The van der Waals surface area contributed by atoms with Crippen LogP contribution in [-0.2, 0) is 14.8 Å². The molecule has 0 aromatic heterocycles. The van der Waals surface area contributed by atoms with E-state index in [0.29, 0.717) is 11.4 Å². The maximum absolute atomic E-state index is 12.9. The average Bonchev–Trinajstić information content (AvgIpc) is 2.59. The van der Waals surface area contributed by atoms with Crippen LogP contribution < -0.4 is 14.4 Å². The molecule has 0 spiro atoms. The van der Waals surface area contributed by atoms with Gasteiger partial charge < -0.3 is 10.1 Å². The lowest BCUT2D eigenvalue weighted by atomic mass is 10.00. The second-order valence-electron chi connectivity index (χ2n) is 7.46. The van der Waals surface area contributed by atoms with Crippen LogP contribution in [0.15, 0.2) is 36.4 Å². The zero-order valence-electron chi connectivity index (χ0n) is 16.8. The Bertz CT molecular complexity index is 1020. The molecule has 1 heterocycles. The zero-order valence-corrected chi connectivity index (χ0v) is 17.6. The number of fused-ring (bicyclic) bond motifs is 1. The molecular formula is C21H26N2O4S. The lowest BCUT2D eigenvalue weighted by molar-refractivity contribution is -0.128. The second-order valence-corrected chi connectivity index (χ2v) is 9.37. The molecule has 0 saturated carbocycles. The fraction of sp³-hybridized carbons (Fsp3) is 0.381. The Morgan fingerprint density at radius 3 is 2.43 bits per heavy atom. The van der Waals surface area contributed by atoms with E-state index >= 15 is 0 Å². The van der Waals surface area contributed by atoms with E-state index in [0.717, 1.165) is 28.5 Å². The second kappa shape index (κ2) is 7.47. The SMILES string of the molecule is Cc1ccc(C(C)NC(=O)C2CN(S(C)(=O)=O)c3cc(C)ccc3O2)c(C)c1. The predicted molar refractivity (Wildman–Crippen MR) is 110 cm³/mol. The highest BCUT2D eigenvalue weighted by atomic mass is 32.2. The van der Waals surface area contributed by atoms with Gasteiger partial charge in [-0.05, 0) is 56.5 Å². The van der Waals surface area contributed by atoms with Gasteiger partial charge in [0.15, 0.2) is 6.10 Å². The normalized spacial score (nSPS) is 17.5. The van der Waals surface area contributed by atoms with Gasteiger partial charge in [-0.25, -0.2) is 8.42 Å². The Kier molecular flexibility index (Phi) is 5.39. The Hall–Kier alpha value is -2.54. The number of benzene rings is 2. The Balaban J connectivity index is 1.83. The first-order chi connectivity index (χ1) is 13.1. The number of sulfonamides is 1. The summed E-state index contributed by atoms with van der Waals surface area (Å²) in [6.45, 7) is 7.76. The number of amides is 1. The van der Waals surface area contributed by atoms with Crippen LogP contribution in [0.3, 0.4) is 0 Å². The number of hydrogen-bond donors (Lipinski definition) is 1. The van der Waals surface area contributed by atoms with E-state index in [1.807, 2.05) is 45.9 Å². The number of nitrogens with one attached hydrogen (secondary N) is 1. The maximum atomic E-state index is 12.9. The highest BCUT2D eigenvalue weighted by Crippen LogP contribution is 2.36. The first kappa shape index (κ1) is 20.2. The minimum Gasteiger partial charge on any atom is -0.476 e.